The molecule has 0 amide bonds. The van der Waals surface area contributed by atoms with E-state index in [4.69, 9.17) is 0 Å². The predicted molar refractivity (Wildman–Crippen MR) is 65.0 cm³/mol. The van der Waals surface area contributed by atoms with Crippen molar-refractivity contribution in [3.05, 3.63) is 34.1 Å². The number of carbonyl (C=O) groups excluding carboxylic acids is 1. The highest BCUT2D eigenvalue weighted by Gasteiger charge is 2.24. The second-order valence-electron chi connectivity index (χ2n) is 4.30. The Balaban J connectivity index is 2.22. The maximum absolute atomic E-state index is 13.7. The Morgan fingerprint density at radius 2 is 1.94 bits per heavy atom. The van der Waals surface area contributed by atoms with Gasteiger partial charge in [-0.05, 0) is 40.9 Å². The molecule has 1 aromatic rings. The van der Waals surface area contributed by atoms with Gasteiger partial charge in [0.1, 0.15) is 5.82 Å². The zero-order chi connectivity index (χ0) is 11.5. The molecule has 0 aromatic heterocycles. The lowest BCUT2D eigenvalue weighted by Crippen LogP contribution is -2.19. The highest BCUT2D eigenvalue weighted by atomic mass is 79.9. The van der Waals surface area contributed by atoms with E-state index < -0.39 is 5.82 Å². The first-order valence-electron chi connectivity index (χ1n) is 5.68. The standard InChI is InChI=1S/C13H14BrFO/c14-11-8-4-7-10(12(11)15)13(16)9-5-2-1-3-6-9/h4,7-9H,1-3,5-6H2. The number of benzene rings is 1. The summed E-state index contributed by atoms with van der Waals surface area (Å²) in [6.07, 6.45) is 5.19. The molecule has 1 fully saturated rings. The second-order valence-corrected chi connectivity index (χ2v) is 5.15. The third-order valence-corrected chi connectivity index (χ3v) is 3.81. The van der Waals surface area contributed by atoms with Crippen LogP contribution in [0.4, 0.5) is 4.39 Å². The Kier molecular flexibility index (Phi) is 3.74. The van der Waals surface area contributed by atoms with E-state index >= 15 is 0 Å². The Morgan fingerprint density at radius 3 is 2.62 bits per heavy atom. The van der Waals surface area contributed by atoms with Gasteiger partial charge in [0.2, 0.25) is 0 Å². The molecule has 0 aliphatic heterocycles. The zero-order valence-electron chi connectivity index (χ0n) is 9.01. The number of halogens is 2. The maximum Gasteiger partial charge on any atom is 0.168 e. The molecule has 16 heavy (non-hydrogen) atoms. The lowest BCUT2D eigenvalue weighted by Gasteiger charge is -2.20. The average Bonchev–Trinajstić information content (AvgIpc) is 2.33. The van der Waals surface area contributed by atoms with Gasteiger partial charge in [-0.2, -0.15) is 0 Å². The third-order valence-electron chi connectivity index (χ3n) is 3.19. The van der Waals surface area contributed by atoms with Gasteiger partial charge in [-0.1, -0.05) is 25.3 Å². The summed E-state index contributed by atoms with van der Waals surface area (Å²) in [6, 6.07) is 4.91. The van der Waals surface area contributed by atoms with Crippen LogP contribution in [0.3, 0.4) is 0 Å². The summed E-state index contributed by atoms with van der Waals surface area (Å²) in [5.74, 6) is -0.422. The summed E-state index contributed by atoms with van der Waals surface area (Å²) in [6.45, 7) is 0. The van der Waals surface area contributed by atoms with Gasteiger partial charge in [0, 0.05) is 5.92 Å². The van der Waals surface area contributed by atoms with Crippen LogP contribution in [-0.4, -0.2) is 5.78 Å². The van der Waals surface area contributed by atoms with E-state index in [0.717, 1.165) is 25.7 Å². The highest BCUT2D eigenvalue weighted by Crippen LogP contribution is 2.29. The topological polar surface area (TPSA) is 17.1 Å². The van der Waals surface area contributed by atoms with Gasteiger partial charge in [0.05, 0.1) is 10.0 Å². The van der Waals surface area contributed by atoms with E-state index in [1.807, 2.05) is 0 Å². The van der Waals surface area contributed by atoms with Crippen LogP contribution >= 0.6 is 15.9 Å². The fraction of sp³-hybridized carbons (Fsp3) is 0.462. The number of ketones is 1. The second kappa shape index (κ2) is 5.09. The Hall–Kier alpha value is -0.700. The number of carbonyl (C=O) groups is 1. The average molecular weight is 285 g/mol. The molecule has 0 radical (unpaired) electrons. The first-order valence-corrected chi connectivity index (χ1v) is 6.47. The van der Waals surface area contributed by atoms with Gasteiger partial charge in [-0.3, -0.25) is 4.79 Å². The Bertz CT molecular complexity index is 397. The first-order chi connectivity index (χ1) is 7.70. The van der Waals surface area contributed by atoms with Crippen molar-refractivity contribution in [3.63, 3.8) is 0 Å². The Morgan fingerprint density at radius 1 is 1.25 bits per heavy atom. The van der Waals surface area contributed by atoms with Crippen LogP contribution in [0.1, 0.15) is 42.5 Å². The van der Waals surface area contributed by atoms with E-state index in [0.29, 0.717) is 4.47 Å². The lowest BCUT2D eigenvalue weighted by atomic mass is 9.84. The first kappa shape index (κ1) is 11.8. The molecule has 1 aromatic carbocycles. The molecule has 0 bridgehead atoms. The highest BCUT2D eigenvalue weighted by molar-refractivity contribution is 9.10. The molecule has 1 aliphatic rings. The van der Waals surface area contributed by atoms with Gasteiger partial charge in [0.15, 0.2) is 5.78 Å². The number of Topliss-reactive ketones (excluding diaryl/α,β-unsaturated/α-hetero) is 1. The van der Waals surface area contributed by atoms with Crippen molar-refractivity contribution in [1.82, 2.24) is 0 Å². The molecule has 0 atom stereocenters. The van der Waals surface area contributed by atoms with Crippen LogP contribution < -0.4 is 0 Å². The molecule has 1 nitrogen and oxygen atoms in total. The van der Waals surface area contributed by atoms with Crippen LogP contribution in [0, 0.1) is 11.7 Å². The monoisotopic (exact) mass is 284 g/mol. The summed E-state index contributed by atoms with van der Waals surface area (Å²) >= 11 is 3.11. The van der Waals surface area contributed by atoms with Crippen LogP contribution in [-0.2, 0) is 0 Å². The van der Waals surface area contributed by atoms with Gasteiger partial charge in [-0.25, -0.2) is 4.39 Å². The van der Waals surface area contributed by atoms with E-state index in [1.54, 1.807) is 18.2 Å². The van der Waals surface area contributed by atoms with Crippen molar-refractivity contribution < 1.29 is 9.18 Å². The van der Waals surface area contributed by atoms with E-state index in [1.165, 1.54) is 6.42 Å². The van der Waals surface area contributed by atoms with Gasteiger partial charge in [0.25, 0.3) is 0 Å². The van der Waals surface area contributed by atoms with Gasteiger partial charge in [-0.15, -0.1) is 0 Å². The molecule has 0 heterocycles. The van der Waals surface area contributed by atoms with Gasteiger partial charge < -0.3 is 0 Å². The molecule has 3 heteroatoms. The summed E-state index contributed by atoms with van der Waals surface area (Å²) in [4.78, 5) is 12.1. The van der Waals surface area contributed by atoms with Crippen LogP contribution in [0.5, 0.6) is 0 Å². The number of rotatable bonds is 2. The normalized spacial score (nSPS) is 17.4. The Labute approximate surface area is 103 Å². The fourth-order valence-corrected chi connectivity index (χ4v) is 2.64. The summed E-state index contributed by atoms with van der Waals surface area (Å²) in [5.41, 5.74) is 0.237. The van der Waals surface area contributed by atoms with Gasteiger partial charge >= 0.3 is 0 Å². The molecular formula is C13H14BrFO. The van der Waals surface area contributed by atoms with Crippen LogP contribution in [0.15, 0.2) is 22.7 Å². The minimum absolute atomic E-state index is 0.0255. The third kappa shape index (κ3) is 2.34. The van der Waals surface area contributed by atoms with E-state index in [2.05, 4.69) is 15.9 Å². The molecule has 0 unspecified atom stereocenters. The molecule has 86 valence electrons. The largest absolute Gasteiger partial charge is 0.294 e. The minimum Gasteiger partial charge on any atom is -0.294 e. The summed E-state index contributed by atoms with van der Waals surface area (Å²) in [7, 11) is 0. The molecular weight excluding hydrogens is 271 g/mol. The summed E-state index contributed by atoms with van der Waals surface area (Å²) in [5, 5.41) is 0. The quantitative estimate of drug-likeness (QED) is 0.738. The van der Waals surface area contributed by atoms with E-state index in [-0.39, 0.29) is 17.3 Å². The van der Waals surface area contributed by atoms with Crippen LogP contribution in [0.2, 0.25) is 0 Å². The van der Waals surface area contributed by atoms with Crippen molar-refractivity contribution in [1.29, 1.82) is 0 Å². The van der Waals surface area contributed by atoms with Crippen molar-refractivity contribution in [2.45, 2.75) is 32.1 Å². The fourth-order valence-electron chi connectivity index (χ4n) is 2.28. The van der Waals surface area contributed by atoms with Crippen LogP contribution in [0.25, 0.3) is 0 Å². The van der Waals surface area contributed by atoms with Crippen molar-refractivity contribution >= 4 is 21.7 Å². The molecule has 1 aliphatic carbocycles. The molecule has 0 saturated heterocycles. The predicted octanol–water partition coefficient (Wildman–Crippen LogP) is 4.35. The van der Waals surface area contributed by atoms with Crippen molar-refractivity contribution in [3.8, 4) is 0 Å². The zero-order valence-corrected chi connectivity index (χ0v) is 10.6. The SMILES string of the molecule is O=C(c1cccc(Br)c1F)C1CCCCC1. The maximum atomic E-state index is 13.7. The minimum atomic E-state index is -0.418. The number of hydrogen-bond donors (Lipinski definition) is 0. The summed E-state index contributed by atoms with van der Waals surface area (Å²) < 4.78 is 14.1. The smallest absolute Gasteiger partial charge is 0.168 e. The lowest BCUT2D eigenvalue weighted by molar-refractivity contribution is 0.0885. The van der Waals surface area contributed by atoms with Crippen molar-refractivity contribution in [2.75, 3.05) is 0 Å². The van der Waals surface area contributed by atoms with Crippen molar-refractivity contribution in [2.24, 2.45) is 5.92 Å². The molecule has 1 saturated carbocycles. The number of hydrogen-bond acceptors (Lipinski definition) is 1. The molecule has 0 spiro atoms. The van der Waals surface area contributed by atoms with E-state index in [9.17, 15) is 9.18 Å². The molecule has 0 N–H and O–H groups in total. The molecule has 2 rings (SSSR count).